The fourth-order valence-corrected chi connectivity index (χ4v) is 2.81. The van der Waals surface area contributed by atoms with Crippen LogP contribution in [-0.4, -0.2) is 41.7 Å². The molecule has 0 radical (unpaired) electrons. The molecule has 2 rings (SSSR count). The van der Waals surface area contributed by atoms with Crippen molar-refractivity contribution in [3.8, 4) is 0 Å². The van der Waals surface area contributed by atoms with Gasteiger partial charge in [-0.1, -0.05) is 0 Å². The number of aliphatic hydroxyl groups excluding tert-OH is 1. The fourth-order valence-electron chi connectivity index (χ4n) is 2.81. The van der Waals surface area contributed by atoms with Crippen molar-refractivity contribution in [2.75, 3.05) is 19.7 Å². The highest BCUT2D eigenvalue weighted by Crippen LogP contribution is 2.27. The van der Waals surface area contributed by atoms with E-state index in [1.807, 2.05) is 4.90 Å². The smallest absolute Gasteiger partial charge is 0.225 e. The monoisotopic (exact) mass is 226 g/mol. The van der Waals surface area contributed by atoms with Crippen LogP contribution in [0.25, 0.3) is 0 Å². The van der Waals surface area contributed by atoms with Crippen LogP contribution in [0.5, 0.6) is 0 Å². The van der Waals surface area contributed by atoms with E-state index in [2.05, 4.69) is 0 Å². The molecule has 1 heterocycles. The van der Waals surface area contributed by atoms with Gasteiger partial charge in [0, 0.05) is 37.6 Å². The summed E-state index contributed by atoms with van der Waals surface area (Å²) in [4.78, 5) is 14.1. The quantitative estimate of drug-likeness (QED) is 0.714. The number of aliphatic hydroxyl groups is 1. The third kappa shape index (κ3) is 2.55. The summed E-state index contributed by atoms with van der Waals surface area (Å²) in [6.07, 6.45) is 4.80. The molecule has 1 aliphatic heterocycles. The van der Waals surface area contributed by atoms with Gasteiger partial charge in [-0.25, -0.2) is 0 Å². The summed E-state index contributed by atoms with van der Waals surface area (Å²) in [5.41, 5.74) is 5.84. The lowest BCUT2D eigenvalue weighted by Gasteiger charge is -2.28. The molecule has 2 fully saturated rings. The molecule has 0 aromatic heterocycles. The Hall–Kier alpha value is -0.610. The Morgan fingerprint density at radius 2 is 1.94 bits per heavy atom. The number of carbonyl (C=O) groups is 1. The molecule has 1 atom stereocenters. The van der Waals surface area contributed by atoms with Gasteiger partial charge in [-0.15, -0.1) is 0 Å². The maximum absolute atomic E-state index is 12.2. The first-order valence-electron chi connectivity index (χ1n) is 6.36. The lowest BCUT2D eigenvalue weighted by molar-refractivity contribution is -0.135. The molecule has 0 aromatic rings. The van der Waals surface area contributed by atoms with Gasteiger partial charge in [0.15, 0.2) is 0 Å². The van der Waals surface area contributed by atoms with Crippen LogP contribution in [0.4, 0.5) is 0 Å². The Bertz CT molecular complexity index is 245. The minimum absolute atomic E-state index is 0.192. The summed E-state index contributed by atoms with van der Waals surface area (Å²) >= 11 is 0. The largest absolute Gasteiger partial charge is 0.396 e. The third-order valence-electron chi connectivity index (χ3n) is 3.98. The van der Waals surface area contributed by atoms with Crippen molar-refractivity contribution in [1.82, 2.24) is 4.90 Å². The molecule has 1 unspecified atom stereocenters. The summed E-state index contributed by atoms with van der Waals surface area (Å²) in [7, 11) is 0. The molecule has 0 spiro atoms. The molecule has 92 valence electrons. The molecule has 0 bridgehead atoms. The van der Waals surface area contributed by atoms with Crippen LogP contribution < -0.4 is 5.73 Å². The van der Waals surface area contributed by atoms with Gasteiger partial charge < -0.3 is 15.7 Å². The molecule has 0 aromatic carbocycles. The highest BCUT2D eigenvalue weighted by Gasteiger charge is 2.32. The highest BCUT2D eigenvalue weighted by atomic mass is 16.3. The number of rotatable bonds is 2. The van der Waals surface area contributed by atoms with Gasteiger partial charge >= 0.3 is 0 Å². The van der Waals surface area contributed by atoms with E-state index >= 15 is 0 Å². The second-order valence-corrected chi connectivity index (χ2v) is 5.23. The Morgan fingerprint density at radius 1 is 1.25 bits per heavy atom. The second-order valence-electron chi connectivity index (χ2n) is 5.23. The Morgan fingerprint density at radius 3 is 2.50 bits per heavy atom. The topological polar surface area (TPSA) is 66.6 Å². The van der Waals surface area contributed by atoms with E-state index < -0.39 is 0 Å². The number of nitrogens with zero attached hydrogens (tertiary/aromatic N) is 1. The Labute approximate surface area is 96.8 Å². The molecular formula is C12H22N2O2. The molecule has 1 amide bonds. The van der Waals surface area contributed by atoms with Gasteiger partial charge in [0.05, 0.1) is 0 Å². The Balaban J connectivity index is 1.83. The van der Waals surface area contributed by atoms with E-state index in [9.17, 15) is 4.79 Å². The predicted molar refractivity (Wildman–Crippen MR) is 61.7 cm³/mol. The van der Waals surface area contributed by atoms with Crippen LogP contribution in [-0.2, 0) is 4.79 Å². The van der Waals surface area contributed by atoms with Crippen LogP contribution in [0.15, 0.2) is 0 Å². The van der Waals surface area contributed by atoms with Crippen molar-refractivity contribution in [2.45, 2.75) is 38.1 Å². The van der Waals surface area contributed by atoms with Crippen molar-refractivity contribution in [3.63, 3.8) is 0 Å². The molecule has 2 aliphatic rings. The number of carbonyl (C=O) groups excluding carboxylic acids is 1. The molecule has 16 heavy (non-hydrogen) atoms. The van der Waals surface area contributed by atoms with E-state index in [1.54, 1.807) is 0 Å². The van der Waals surface area contributed by atoms with Crippen LogP contribution in [0.2, 0.25) is 0 Å². The summed E-state index contributed by atoms with van der Waals surface area (Å²) in [5.74, 6) is 0.787. The Kier molecular flexibility index (Phi) is 3.82. The second kappa shape index (κ2) is 5.15. The average molecular weight is 226 g/mol. The first-order valence-corrected chi connectivity index (χ1v) is 6.36. The number of nitrogens with two attached hydrogens (primary N) is 1. The highest BCUT2D eigenvalue weighted by molar-refractivity contribution is 5.79. The van der Waals surface area contributed by atoms with E-state index in [-0.39, 0.29) is 12.5 Å². The van der Waals surface area contributed by atoms with E-state index in [0.717, 1.165) is 45.2 Å². The fraction of sp³-hybridized carbons (Fsp3) is 0.917. The van der Waals surface area contributed by atoms with Crippen LogP contribution in [0.3, 0.4) is 0 Å². The number of hydrogen-bond acceptors (Lipinski definition) is 3. The first-order chi connectivity index (χ1) is 7.70. The summed E-state index contributed by atoms with van der Waals surface area (Å²) < 4.78 is 0. The van der Waals surface area contributed by atoms with Gasteiger partial charge in [-0.05, 0) is 32.1 Å². The lowest BCUT2D eigenvalue weighted by Crippen LogP contribution is -2.38. The predicted octanol–water partition coefficient (Wildman–Crippen LogP) is 0.345. The maximum atomic E-state index is 12.2. The lowest BCUT2D eigenvalue weighted by atomic mass is 9.85. The zero-order valence-electron chi connectivity index (χ0n) is 9.77. The number of likely N-dealkylation sites (tertiary alicyclic amines) is 1. The van der Waals surface area contributed by atoms with E-state index in [1.165, 1.54) is 0 Å². The molecule has 3 N–H and O–H groups in total. The minimum atomic E-state index is 0.192. The first kappa shape index (κ1) is 11.9. The van der Waals surface area contributed by atoms with Gasteiger partial charge in [-0.3, -0.25) is 4.79 Å². The van der Waals surface area contributed by atoms with Crippen molar-refractivity contribution in [3.05, 3.63) is 0 Å². The van der Waals surface area contributed by atoms with E-state index in [0.29, 0.717) is 17.9 Å². The van der Waals surface area contributed by atoms with Gasteiger partial charge in [-0.2, -0.15) is 0 Å². The van der Waals surface area contributed by atoms with Crippen LogP contribution in [0.1, 0.15) is 32.1 Å². The number of amides is 1. The number of hydrogen-bond donors (Lipinski definition) is 2. The van der Waals surface area contributed by atoms with Gasteiger partial charge in [0.25, 0.3) is 0 Å². The molecule has 1 saturated heterocycles. The summed E-state index contributed by atoms with van der Waals surface area (Å²) in [5, 5.41) is 9.06. The van der Waals surface area contributed by atoms with Crippen LogP contribution in [0, 0.1) is 11.8 Å². The molecule has 1 saturated carbocycles. The van der Waals surface area contributed by atoms with Crippen molar-refractivity contribution in [2.24, 2.45) is 17.6 Å². The summed E-state index contributed by atoms with van der Waals surface area (Å²) in [6.45, 7) is 1.78. The molecule has 4 heteroatoms. The van der Waals surface area contributed by atoms with Crippen LogP contribution >= 0.6 is 0 Å². The van der Waals surface area contributed by atoms with Crippen molar-refractivity contribution in [1.29, 1.82) is 0 Å². The zero-order chi connectivity index (χ0) is 11.5. The SMILES string of the molecule is NC1CCC(C(=O)N2CCC(CO)C2)CC1. The standard InChI is InChI=1S/C12H22N2O2/c13-11-3-1-10(2-4-11)12(16)14-6-5-9(7-14)8-15/h9-11,15H,1-8,13H2. The molecular weight excluding hydrogens is 204 g/mol. The minimum Gasteiger partial charge on any atom is -0.396 e. The molecule has 4 nitrogen and oxygen atoms in total. The van der Waals surface area contributed by atoms with Crippen molar-refractivity contribution >= 4 is 5.91 Å². The van der Waals surface area contributed by atoms with Gasteiger partial charge in [0.1, 0.15) is 0 Å². The van der Waals surface area contributed by atoms with E-state index in [4.69, 9.17) is 10.8 Å². The zero-order valence-corrected chi connectivity index (χ0v) is 9.77. The van der Waals surface area contributed by atoms with Crippen molar-refractivity contribution < 1.29 is 9.90 Å². The third-order valence-corrected chi connectivity index (χ3v) is 3.98. The summed E-state index contributed by atoms with van der Waals surface area (Å²) in [6, 6.07) is 0.299. The van der Waals surface area contributed by atoms with Gasteiger partial charge in [0.2, 0.25) is 5.91 Å². The average Bonchev–Trinajstić information content (AvgIpc) is 2.77. The normalized spacial score (nSPS) is 35.4. The molecule has 1 aliphatic carbocycles. The maximum Gasteiger partial charge on any atom is 0.225 e.